The third-order valence-electron chi connectivity index (χ3n) is 0.779. The third-order valence-corrected chi connectivity index (χ3v) is 0.779. The first-order valence-corrected chi connectivity index (χ1v) is 4.69. The van der Waals surface area contributed by atoms with Gasteiger partial charge in [-0.1, -0.05) is 46.7 Å². The number of azide groups is 1. The maximum absolute atomic E-state index is 7.86. The summed E-state index contributed by atoms with van der Waals surface area (Å²) >= 11 is 0. The summed E-state index contributed by atoms with van der Waals surface area (Å²) < 4.78 is 0. The van der Waals surface area contributed by atoms with Crippen molar-refractivity contribution in [2.24, 2.45) is 15.5 Å². The van der Waals surface area contributed by atoms with Crippen molar-refractivity contribution >= 4 is 0 Å². The van der Waals surface area contributed by atoms with Gasteiger partial charge in [0, 0.05) is 10.5 Å². The summed E-state index contributed by atoms with van der Waals surface area (Å²) in [5, 5.41) is 10.8. The molecule has 0 spiro atoms. The predicted molar refractivity (Wildman–Crippen MR) is 69.2 cm³/mol. The molecule has 0 aromatic rings. The fraction of sp³-hybridized carbons (Fsp3) is 0.900. The van der Waals surface area contributed by atoms with Crippen LogP contribution in [0.3, 0.4) is 0 Å². The first-order chi connectivity index (χ1) is 6.62. The molecule has 0 heterocycles. The van der Waals surface area contributed by atoms with Gasteiger partial charge in [-0.3, -0.25) is 5.22 Å². The molecule has 18 heavy (non-hydrogen) atoms. The van der Waals surface area contributed by atoms with Crippen molar-refractivity contribution < 1.29 is 37.7 Å². The van der Waals surface area contributed by atoms with Crippen LogP contribution in [0.4, 0.5) is 0 Å². The van der Waals surface area contributed by atoms with Crippen molar-refractivity contribution in [3.8, 4) is 0 Å². The van der Waals surface area contributed by atoms with Crippen molar-refractivity contribution in [3.63, 3.8) is 0 Å². The monoisotopic (exact) mass is 242 g/mol. The van der Waals surface area contributed by atoms with E-state index in [2.05, 4.69) is 25.8 Å². The summed E-state index contributed by atoms with van der Waals surface area (Å²) in [7, 11) is 1.61. The van der Waals surface area contributed by atoms with E-state index in [1.54, 1.807) is 7.05 Å². The third kappa shape index (κ3) is 44.6. The molecule has 0 radical (unpaired) electrons. The Morgan fingerprint density at radius 2 is 1.33 bits per heavy atom. The van der Waals surface area contributed by atoms with Crippen LogP contribution in [-0.4, -0.2) is 18.1 Å². The van der Waals surface area contributed by atoms with Gasteiger partial charge >= 0.3 is 37.7 Å². The Balaban J connectivity index is -0.0000000540. The van der Waals surface area contributed by atoms with E-state index >= 15 is 0 Å². The first kappa shape index (κ1) is 30.7. The van der Waals surface area contributed by atoms with Crippen molar-refractivity contribution in [1.29, 1.82) is 0 Å². The van der Waals surface area contributed by atoms with E-state index in [-0.39, 0.29) is 56.2 Å². The molecule has 0 saturated carbocycles. The molecular formula is C10H24Li2N6. The molecule has 0 saturated heterocycles. The SMILES string of the molecule is CC(C)(C)N=[N+]=[N-].C[N-]N=NC(C)(C)C.[CH3-].[Li+].[Li+]. The van der Waals surface area contributed by atoms with Crippen LogP contribution in [-0.2, 0) is 0 Å². The Morgan fingerprint density at radius 1 is 0.944 bits per heavy atom. The molecule has 0 amide bonds. The van der Waals surface area contributed by atoms with Gasteiger partial charge in [-0.15, -0.1) is 0 Å². The number of nitrogens with zero attached hydrogens (tertiary/aromatic N) is 6. The second-order valence-electron chi connectivity index (χ2n) is 4.92. The van der Waals surface area contributed by atoms with Crippen molar-refractivity contribution in [3.05, 3.63) is 23.3 Å². The molecule has 0 aliphatic heterocycles. The zero-order chi connectivity index (χ0) is 12.5. The second-order valence-corrected chi connectivity index (χ2v) is 4.92. The molecule has 0 atom stereocenters. The summed E-state index contributed by atoms with van der Waals surface area (Å²) in [6.07, 6.45) is 0. The van der Waals surface area contributed by atoms with Crippen molar-refractivity contribution in [2.45, 2.75) is 52.6 Å². The van der Waals surface area contributed by atoms with Crippen LogP contribution in [0.25, 0.3) is 15.9 Å². The molecule has 0 unspecified atom stereocenters. The minimum atomic E-state index is -0.241. The quantitative estimate of drug-likeness (QED) is 0.137. The maximum Gasteiger partial charge on any atom is 1.00 e. The van der Waals surface area contributed by atoms with Crippen LogP contribution in [0.2, 0.25) is 0 Å². The number of rotatable bonds is 1. The largest absolute Gasteiger partial charge is 1.00 e. The molecule has 0 N–H and O–H groups in total. The van der Waals surface area contributed by atoms with Crippen LogP contribution < -0.4 is 37.7 Å². The van der Waals surface area contributed by atoms with Crippen LogP contribution in [0.1, 0.15) is 41.5 Å². The molecule has 0 aromatic heterocycles. The van der Waals surface area contributed by atoms with Crippen molar-refractivity contribution in [1.82, 2.24) is 0 Å². The van der Waals surface area contributed by atoms with Crippen molar-refractivity contribution in [2.75, 3.05) is 7.05 Å². The van der Waals surface area contributed by atoms with E-state index in [0.717, 1.165) is 0 Å². The summed E-state index contributed by atoms with van der Waals surface area (Å²) in [5.41, 5.74) is 11.0. The topological polar surface area (TPSA) is 87.6 Å². The number of hydrogen-bond acceptors (Lipinski definition) is 3. The van der Waals surface area contributed by atoms with Gasteiger partial charge < -0.3 is 18.0 Å². The summed E-state index contributed by atoms with van der Waals surface area (Å²) in [6.45, 7) is 11.5. The minimum Gasteiger partial charge on any atom is -0.386 e. The van der Waals surface area contributed by atoms with E-state index in [1.165, 1.54) is 0 Å². The van der Waals surface area contributed by atoms with E-state index in [4.69, 9.17) is 5.53 Å². The molecule has 0 fully saturated rings. The molecular weight excluding hydrogens is 218 g/mol. The zero-order valence-electron chi connectivity index (χ0n) is 13.7. The Kier molecular flexibility index (Phi) is 25.5. The summed E-state index contributed by atoms with van der Waals surface area (Å²) in [4.78, 5) is 2.63. The fourth-order valence-electron chi connectivity index (χ4n) is 0.313. The van der Waals surface area contributed by atoms with Crippen LogP contribution >= 0.6 is 0 Å². The summed E-state index contributed by atoms with van der Waals surface area (Å²) in [5.74, 6) is 0. The molecule has 0 rings (SSSR count). The zero-order valence-corrected chi connectivity index (χ0v) is 13.7. The van der Waals surface area contributed by atoms with Crippen LogP contribution in [0.15, 0.2) is 15.5 Å². The standard InChI is InChI=1S/C5H12N3.C4H9N3.CH3.2Li/c1-5(2,3)7-8-6-4;1-4(2,3)6-7-5;;;/h1-4H3;1-3H3;1H3;;/q-1;;-1;2*+1. The molecule has 0 aromatic carbocycles. The predicted octanol–water partition coefficient (Wildman–Crippen LogP) is -1.29. The fourth-order valence-corrected chi connectivity index (χ4v) is 0.313. The van der Waals surface area contributed by atoms with Gasteiger partial charge in [0.2, 0.25) is 0 Å². The van der Waals surface area contributed by atoms with Gasteiger partial charge in [0.05, 0.1) is 0 Å². The smallest absolute Gasteiger partial charge is 0.386 e. The molecule has 0 aliphatic rings. The van der Waals surface area contributed by atoms with Gasteiger partial charge in [0.1, 0.15) is 0 Å². The molecule has 96 valence electrons. The average Bonchev–Trinajstić information content (AvgIpc) is 1.98. The van der Waals surface area contributed by atoms with E-state index < -0.39 is 0 Å². The first-order valence-electron chi connectivity index (χ1n) is 4.69. The molecule has 8 heteroatoms. The van der Waals surface area contributed by atoms with E-state index in [0.29, 0.717) is 0 Å². The average molecular weight is 242 g/mol. The Morgan fingerprint density at radius 3 is 1.39 bits per heavy atom. The van der Waals surface area contributed by atoms with Gasteiger partial charge in [-0.25, -0.2) is 0 Å². The molecule has 0 bridgehead atoms. The normalized spacial score (nSPS) is 9.50. The minimum absolute atomic E-state index is 0. The van der Waals surface area contributed by atoms with Crippen LogP contribution in [0.5, 0.6) is 0 Å². The Labute approximate surface area is 136 Å². The molecule has 6 nitrogen and oxygen atoms in total. The molecule has 0 aliphatic carbocycles. The Bertz CT molecular complexity index is 236. The summed E-state index contributed by atoms with van der Waals surface area (Å²) in [6, 6.07) is 0. The number of hydrogen-bond donors (Lipinski definition) is 0. The second kappa shape index (κ2) is 15.0. The van der Waals surface area contributed by atoms with Gasteiger partial charge in [-0.2, -0.15) is 0 Å². The van der Waals surface area contributed by atoms with Gasteiger partial charge in [0.25, 0.3) is 0 Å². The van der Waals surface area contributed by atoms with Crippen LogP contribution in [0, 0.1) is 7.43 Å². The Hall–Kier alpha value is -0.0952. The van der Waals surface area contributed by atoms with Gasteiger partial charge in [-0.05, 0) is 18.1 Å². The van der Waals surface area contributed by atoms with Gasteiger partial charge in [0.15, 0.2) is 0 Å². The maximum atomic E-state index is 7.86. The van der Waals surface area contributed by atoms with E-state index in [1.807, 2.05) is 41.5 Å². The van der Waals surface area contributed by atoms with E-state index in [9.17, 15) is 0 Å².